The van der Waals surface area contributed by atoms with Crippen molar-refractivity contribution in [2.45, 2.75) is 24.3 Å². The number of rotatable bonds is 8. The van der Waals surface area contributed by atoms with E-state index >= 15 is 0 Å². The minimum Gasteiger partial charge on any atom is -0.497 e. The quantitative estimate of drug-likeness (QED) is 0.417. The second-order valence-corrected chi connectivity index (χ2v) is 9.14. The van der Waals surface area contributed by atoms with Gasteiger partial charge in [0.2, 0.25) is 15.9 Å². The molecular weight excluding hydrogens is 462 g/mol. The molecule has 34 heavy (non-hydrogen) atoms. The van der Waals surface area contributed by atoms with Gasteiger partial charge in [0.25, 0.3) is 5.91 Å². The molecule has 1 heterocycles. The molecule has 10 nitrogen and oxygen atoms in total. The van der Waals surface area contributed by atoms with Gasteiger partial charge in [0, 0.05) is 18.3 Å². The van der Waals surface area contributed by atoms with Crippen LogP contribution in [0.3, 0.4) is 0 Å². The highest BCUT2D eigenvalue weighted by Gasteiger charge is 2.27. The number of esters is 1. The van der Waals surface area contributed by atoms with Crippen LogP contribution >= 0.6 is 0 Å². The SMILES string of the molecule is COc1ccc(/C=C/C(=O)N[C@@H](C)C(=O)OCC(=O)N2CCc3cc(S(N)(=O)=O)ccc32)cc1. The van der Waals surface area contributed by atoms with Crippen molar-refractivity contribution in [1.29, 1.82) is 0 Å². The Kier molecular flexibility index (Phi) is 7.69. The lowest BCUT2D eigenvalue weighted by Crippen LogP contribution is -2.40. The Morgan fingerprint density at radius 2 is 1.88 bits per heavy atom. The fraction of sp³-hybridized carbons (Fsp3) is 0.261. The number of nitrogens with one attached hydrogen (secondary N) is 1. The van der Waals surface area contributed by atoms with E-state index < -0.39 is 40.5 Å². The number of fused-ring (bicyclic) bond motifs is 1. The van der Waals surface area contributed by atoms with E-state index in [2.05, 4.69) is 5.32 Å². The zero-order chi connectivity index (χ0) is 24.9. The molecule has 3 rings (SSSR count). The number of nitrogens with two attached hydrogens (primary N) is 1. The van der Waals surface area contributed by atoms with E-state index in [9.17, 15) is 22.8 Å². The third-order valence-electron chi connectivity index (χ3n) is 5.17. The number of carbonyl (C=O) groups is 3. The molecule has 0 bridgehead atoms. The standard InChI is InChI=1S/C23H25N3O7S/c1-15(25-21(27)10-5-16-3-6-18(32-2)7-4-16)23(29)33-14-22(28)26-12-11-17-13-19(34(24,30)31)8-9-20(17)26/h3-10,13,15H,11-12,14H2,1-2H3,(H,25,27)(H2,24,30,31)/b10-5+/t15-/m0/s1. The molecule has 1 aliphatic rings. The zero-order valence-electron chi connectivity index (χ0n) is 18.7. The molecule has 0 saturated heterocycles. The highest BCUT2D eigenvalue weighted by Crippen LogP contribution is 2.30. The number of hydrogen-bond acceptors (Lipinski definition) is 7. The normalized spacial score (nSPS) is 13.9. The first-order valence-corrected chi connectivity index (χ1v) is 11.9. The van der Waals surface area contributed by atoms with E-state index in [1.807, 2.05) is 0 Å². The van der Waals surface area contributed by atoms with E-state index in [1.54, 1.807) is 37.5 Å². The molecule has 0 radical (unpaired) electrons. The summed E-state index contributed by atoms with van der Waals surface area (Å²) in [4.78, 5) is 38.2. The van der Waals surface area contributed by atoms with Crippen LogP contribution in [0.25, 0.3) is 6.08 Å². The molecule has 1 atom stereocenters. The molecule has 2 aromatic rings. The van der Waals surface area contributed by atoms with Crippen molar-refractivity contribution in [2.24, 2.45) is 5.14 Å². The predicted octanol–water partition coefficient (Wildman–Crippen LogP) is 0.993. The minimum absolute atomic E-state index is 0.0300. The van der Waals surface area contributed by atoms with Gasteiger partial charge in [-0.15, -0.1) is 0 Å². The Morgan fingerprint density at radius 1 is 1.18 bits per heavy atom. The summed E-state index contributed by atoms with van der Waals surface area (Å²) < 4.78 is 33.1. The Hall–Kier alpha value is -3.70. The second kappa shape index (κ2) is 10.5. The average Bonchev–Trinajstić information content (AvgIpc) is 3.24. The van der Waals surface area contributed by atoms with E-state index in [0.717, 1.165) is 5.56 Å². The maximum absolute atomic E-state index is 12.5. The number of primary sulfonamides is 1. The predicted molar refractivity (Wildman–Crippen MR) is 124 cm³/mol. The van der Waals surface area contributed by atoms with Crippen molar-refractivity contribution in [3.63, 3.8) is 0 Å². The number of nitrogens with zero attached hydrogens (tertiary/aromatic N) is 1. The van der Waals surface area contributed by atoms with Crippen molar-refractivity contribution in [3.05, 3.63) is 59.7 Å². The van der Waals surface area contributed by atoms with Gasteiger partial charge >= 0.3 is 5.97 Å². The molecule has 0 spiro atoms. The Labute approximate surface area is 197 Å². The van der Waals surface area contributed by atoms with Gasteiger partial charge in [-0.25, -0.2) is 18.4 Å². The zero-order valence-corrected chi connectivity index (χ0v) is 19.5. The maximum atomic E-state index is 12.5. The average molecular weight is 488 g/mol. The van der Waals surface area contributed by atoms with E-state index in [1.165, 1.54) is 36.1 Å². The van der Waals surface area contributed by atoms with Crippen LogP contribution in [0, 0.1) is 0 Å². The van der Waals surface area contributed by atoms with E-state index in [0.29, 0.717) is 30.0 Å². The third-order valence-corrected chi connectivity index (χ3v) is 6.08. The molecule has 0 aromatic heterocycles. The third kappa shape index (κ3) is 6.21. The Bertz CT molecular complexity index is 1220. The number of amides is 2. The lowest BCUT2D eigenvalue weighted by atomic mass is 10.2. The fourth-order valence-electron chi connectivity index (χ4n) is 3.36. The lowest BCUT2D eigenvalue weighted by molar-refractivity contribution is -0.150. The fourth-order valence-corrected chi connectivity index (χ4v) is 3.92. The van der Waals surface area contributed by atoms with Crippen LogP contribution in [0.4, 0.5) is 5.69 Å². The van der Waals surface area contributed by atoms with Crippen LogP contribution < -0.4 is 20.1 Å². The van der Waals surface area contributed by atoms with Gasteiger partial charge in [-0.2, -0.15) is 0 Å². The number of benzene rings is 2. The van der Waals surface area contributed by atoms with Crippen LogP contribution in [0.15, 0.2) is 53.4 Å². The number of ether oxygens (including phenoxy) is 2. The summed E-state index contributed by atoms with van der Waals surface area (Å²) in [7, 11) is -2.29. The molecular formula is C23H25N3O7S. The lowest BCUT2D eigenvalue weighted by Gasteiger charge is -2.18. The number of hydrogen-bond donors (Lipinski definition) is 2. The van der Waals surface area contributed by atoms with Gasteiger partial charge in [-0.05, 0) is 60.9 Å². The molecule has 0 fully saturated rings. The van der Waals surface area contributed by atoms with Gasteiger partial charge in [0.15, 0.2) is 6.61 Å². The van der Waals surface area contributed by atoms with E-state index in [-0.39, 0.29) is 4.90 Å². The summed E-state index contributed by atoms with van der Waals surface area (Å²) >= 11 is 0. The van der Waals surface area contributed by atoms with Gasteiger partial charge in [-0.3, -0.25) is 9.59 Å². The number of carbonyl (C=O) groups excluding carboxylic acids is 3. The largest absolute Gasteiger partial charge is 0.497 e. The smallest absolute Gasteiger partial charge is 0.328 e. The van der Waals surface area contributed by atoms with Crippen molar-refractivity contribution < 1.29 is 32.3 Å². The Morgan fingerprint density at radius 3 is 2.53 bits per heavy atom. The summed E-state index contributed by atoms with van der Waals surface area (Å²) in [6.07, 6.45) is 3.32. The molecule has 0 unspecified atom stereocenters. The minimum atomic E-state index is -3.84. The molecule has 2 amide bonds. The van der Waals surface area contributed by atoms with Gasteiger partial charge < -0.3 is 19.7 Å². The first-order chi connectivity index (χ1) is 16.1. The Balaban J connectivity index is 1.50. The first kappa shape index (κ1) is 24.9. The second-order valence-electron chi connectivity index (χ2n) is 7.58. The van der Waals surface area contributed by atoms with Gasteiger partial charge in [-0.1, -0.05) is 12.1 Å². The molecule has 2 aromatic carbocycles. The molecule has 0 aliphatic carbocycles. The van der Waals surface area contributed by atoms with Crippen LogP contribution in [-0.2, 0) is 35.6 Å². The molecule has 180 valence electrons. The molecule has 11 heteroatoms. The van der Waals surface area contributed by atoms with Crippen molar-refractivity contribution in [1.82, 2.24) is 5.32 Å². The summed E-state index contributed by atoms with van der Waals surface area (Å²) in [6.45, 7) is 1.26. The van der Waals surface area contributed by atoms with Crippen LogP contribution in [0.2, 0.25) is 0 Å². The number of anilines is 1. The monoisotopic (exact) mass is 487 g/mol. The maximum Gasteiger partial charge on any atom is 0.328 e. The summed E-state index contributed by atoms with van der Waals surface area (Å²) in [5.74, 6) is -1.03. The van der Waals surface area contributed by atoms with Crippen LogP contribution in [-0.4, -0.2) is 52.5 Å². The van der Waals surface area contributed by atoms with Gasteiger partial charge in [0.05, 0.1) is 12.0 Å². The summed E-state index contributed by atoms with van der Waals surface area (Å²) in [6, 6.07) is 10.3. The molecule has 0 saturated carbocycles. The highest BCUT2D eigenvalue weighted by atomic mass is 32.2. The molecule has 1 aliphatic heterocycles. The first-order valence-electron chi connectivity index (χ1n) is 10.3. The van der Waals surface area contributed by atoms with Gasteiger partial charge in [0.1, 0.15) is 11.8 Å². The summed E-state index contributed by atoms with van der Waals surface area (Å²) in [5.41, 5.74) is 1.98. The van der Waals surface area contributed by atoms with Crippen LogP contribution in [0.1, 0.15) is 18.1 Å². The van der Waals surface area contributed by atoms with Crippen molar-refractivity contribution >= 4 is 39.6 Å². The highest BCUT2D eigenvalue weighted by molar-refractivity contribution is 7.89. The summed E-state index contributed by atoms with van der Waals surface area (Å²) in [5, 5.41) is 7.63. The number of sulfonamides is 1. The van der Waals surface area contributed by atoms with Crippen molar-refractivity contribution in [3.8, 4) is 5.75 Å². The number of methoxy groups -OCH3 is 1. The van der Waals surface area contributed by atoms with Crippen molar-refractivity contribution in [2.75, 3.05) is 25.2 Å². The molecule has 3 N–H and O–H groups in total. The topological polar surface area (TPSA) is 145 Å². The van der Waals surface area contributed by atoms with E-state index in [4.69, 9.17) is 14.6 Å². The van der Waals surface area contributed by atoms with Crippen LogP contribution in [0.5, 0.6) is 5.75 Å².